The molecule has 2 unspecified atom stereocenters. The molecule has 0 amide bonds. The van der Waals surface area contributed by atoms with Crippen molar-refractivity contribution in [1.82, 2.24) is 0 Å². The lowest BCUT2D eigenvalue weighted by atomic mass is 9.98. The van der Waals surface area contributed by atoms with Crippen molar-refractivity contribution >= 4 is 0 Å². The summed E-state index contributed by atoms with van der Waals surface area (Å²) in [5.41, 5.74) is 7.97. The third-order valence-electron chi connectivity index (χ3n) is 4.12. The molecule has 0 aromatic heterocycles. The molecule has 2 atom stereocenters. The topological polar surface area (TPSA) is 35.2 Å². The van der Waals surface area contributed by atoms with Gasteiger partial charge in [0.25, 0.3) is 0 Å². The first kappa shape index (κ1) is 11.1. The fourth-order valence-electron chi connectivity index (χ4n) is 2.50. The summed E-state index contributed by atoms with van der Waals surface area (Å²) in [4.78, 5) is 0. The number of ether oxygens (including phenoxy) is 1. The van der Waals surface area contributed by atoms with Gasteiger partial charge in [-0.05, 0) is 48.3 Å². The number of nitrogens with two attached hydrogens (primary N) is 1. The molecular weight excluding hydrogens is 210 g/mol. The van der Waals surface area contributed by atoms with Gasteiger partial charge in [0.15, 0.2) is 0 Å². The summed E-state index contributed by atoms with van der Waals surface area (Å²) in [6.07, 6.45) is 4.13. The molecule has 0 heterocycles. The average molecular weight is 231 g/mol. The molecule has 2 N–H and O–H groups in total. The van der Waals surface area contributed by atoms with Crippen LogP contribution in [0.25, 0.3) is 0 Å². The van der Waals surface area contributed by atoms with Gasteiger partial charge in [-0.15, -0.1) is 0 Å². The summed E-state index contributed by atoms with van der Waals surface area (Å²) in [5.74, 6) is 1.62. The van der Waals surface area contributed by atoms with E-state index in [1.807, 2.05) is 0 Å². The highest BCUT2D eigenvalue weighted by Crippen LogP contribution is 2.56. The van der Waals surface area contributed by atoms with Crippen LogP contribution in [0.5, 0.6) is 5.75 Å². The predicted octanol–water partition coefficient (Wildman–Crippen LogP) is 3.27. The third-order valence-corrected chi connectivity index (χ3v) is 4.12. The zero-order valence-electron chi connectivity index (χ0n) is 10.6. The fraction of sp³-hybridized carbons (Fsp3) is 0.600. The van der Waals surface area contributed by atoms with Gasteiger partial charge in [0.05, 0.1) is 6.10 Å². The molecule has 17 heavy (non-hydrogen) atoms. The van der Waals surface area contributed by atoms with Crippen molar-refractivity contribution in [2.24, 2.45) is 17.1 Å². The van der Waals surface area contributed by atoms with E-state index in [4.69, 9.17) is 10.5 Å². The number of benzene rings is 1. The van der Waals surface area contributed by atoms with Gasteiger partial charge in [-0.2, -0.15) is 0 Å². The van der Waals surface area contributed by atoms with Gasteiger partial charge in [-0.1, -0.05) is 26.0 Å². The minimum Gasteiger partial charge on any atom is -0.490 e. The highest BCUT2D eigenvalue weighted by atomic mass is 16.5. The maximum Gasteiger partial charge on any atom is 0.119 e. The van der Waals surface area contributed by atoms with E-state index in [9.17, 15) is 0 Å². The van der Waals surface area contributed by atoms with Crippen molar-refractivity contribution in [3.63, 3.8) is 0 Å². The molecule has 0 aliphatic heterocycles. The van der Waals surface area contributed by atoms with E-state index >= 15 is 0 Å². The molecule has 2 nitrogen and oxygen atoms in total. The van der Waals surface area contributed by atoms with Gasteiger partial charge in [-0.25, -0.2) is 0 Å². The van der Waals surface area contributed by atoms with Crippen molar-refractivity contribution < 1.29 is 4.74 Å². The van der Waals surface area contributed by atoms with E-state index in [1.54, 1.807) is 0 Å². The molecule has 0 spiro atoms. The molecule has 2 heteroatoms. The van der Waals surface area contributed by atoms with Crippen molar-refractivity contribution in [3.8, 4) is 5.75 Å². The van der Waals surface area contributed by atoms with Crippen LogP contribution < -0.4 is 10.5 Å². The van der Waals surface area contributed by atoms with Gasteiger partial charge >= 0.3 is 0 Å². The summed E-state index contributed by atoms with van der Waals surface area (Å²) >= 11 is 0. The smallest absolute Gasteiger partial charge is 0.119 e. The second-order valence-corrected chi connectivity index (χ2v) is 6.21. The average Bonchev–Trinajstić information content (AvgIpc) is 3.18. The highest BCUT2D eigenvalue weighted by molar-refractivity contribution is 5.31. The molecule has 3 rings (SSSR count). The zero-order valence-corrected chi connectivity index (χ0v) is 10.6. The summed E-state index contributed by atoms with van der Waals surface area (Å²) in [6.45, 7) is 4.59. The summed E-state index contributed by atoms with van der Waals surface area (Å²) < 4.78 is 5.74. The highest BCUT2D eigenvalue weighted by Gasteiger charge is 2.49. The van der Waals surface area contributed by atoms with Crippen LogP contribution in [-0.2, 0) is 0 Å². The standard InChI is InChI=1S/C15H21NO/c1-15(2)9-13(15)14(16)10-3-5-11(6-4-10)17-12-7-8-12/h3-6,12-14H,7-9,16H2,1-2H3. The van der Waals surface area contributed by atoms with Crippen molar-refractivity contribution in [1.29, 1.82) is 0 Å². The molecular formula is C15H21NO. The summed E-state index contributed by atoms with van der Waals surface area (Å²) in [5, 5.41) is 0. The number of rotatable bonds is 4. The second kappa shape index (κ2) is 3.74. The van der Waals surface area contributed by atoms with Crippen LogP contribution in [0.2, 0.25) is 0 Å². The SMILES string of the molecule is CC1(C)CC1C(N)c1ccc(OC2CC2)cc1. The van der Waals surface area contributed by atoms with Crippen LogP contribution in [-0.4, -0.2) is 6.10 Å². The van der Waals surface area contributed by atoms with Gasteiger partial charge in [0.2, 0.25) is 0 Å². The molecule has 1 aromatic carbocycles. The molecule has 1 aromatic rings. The van der Waals surface area contributed by atoms with E-state index in [0.29, 0.717) is 17.4 Å². The van der Waals surface area contributed by atoms with Crippen LogP contribution in [0.1, 0.15) is 44.7 Å². The van der Waals surface area contributed by atoms with E-state index in [1.165, 1.54) is 24.8 Å². The lowest BCUT2D eigenvalue weighted by Crippen LogP contribution is -2.15. The first-order valence-corrected chi connectivity index (χ1v) is 6.58. The lowest BCUT2D eigenvalue weighted by molar-refractivity contribution is 0.303. The van der Waals surface area contributed by atoms with Crippen LogP contribution >= 0.6 is 0 Å². The minimum absolute atomic E-state index is 0.181. The molecule has 2 aliphatic rings. The van der Waals surface area contributed by atoms with Crippen molar-refractivity contribution in [2.75, 3.05) is 0 Å². The maximum absolute atomic E-state index is 6.30. The lowest BCUT2D eigenvalue weighted by Gasteiger charge is -2.14. The first-order chi connectivity index (χ1) is 8.06. The van der Waals surface area contributed by atoms with E-state index < -0.39 is 0 Å². The van der Waals surface area contributed by atoms with E-state index in [0.717, 1.165) is 5.75 Å². The Morgan fingerprint density at radius 3 is 2.29 bits per heavy atom. The normalized spacial score (nSPS) is 27.6. The first-order valence-electron chi connectivity index (χ1n) is 6.58. The third kappa shape index (κ3) is 2.32. The van der Waals surface area contributed by atoms with Gasteiger partial charge in [0, 0.05) is 6.04 Å². The molecule has 92 valence electrons. The van der Waals surface area contributed by atoms with E-state index in [2.05, 4.69) is 38.1 Å². The quantitative estimate of drug-likeness (QED) is 0.863. The van der Waals surface area contributed by atoms with Crippen LogP contribution in [0.4, 0.5) is 0 Å². The number of hydrogen-bond acceptors (Lipinski definition) is 2. The van der Waals surface area contributed by atoms with Crippen molar-refractivity contribution in [2.45, 2.75) is 45.3 Å². The molecule has 0 radical (unpaired) electrons. The molecule has 2 fully saturated rings. The Morgan fingerprint density at radius 1 is 1.24 bits per heavy atom. The Kier molecular flexibility index (Phi) is 2.44. The Bertz CT molecular complexity index is 405. The largest absolute Gasteiger partial charge is 0.490 e. The van der Waals surface area contributed by atoms with Gasteiger partial charge < -0.3 is 10.5 Å². The van der Waals surface area contributed by atoms with E-state index in [-0.39, 0.29) is 6.04 Å². The van der Waals surface area contributed by atoms with Crippen LogP contribution in [0.15, 0.2) is 24.3 Å². The molecule has 2 saturated carbocycles. The summed E-state index contributed by atoms with van der Waals surface area (Å²) in [6, 6.07) is 8.54. The Morgan fingerprint density at radius 2 is 1.82 bits per heavy atom. The number of hydrogen-bond donors (Lipinski definition) is 1. The van der Waals surface area contributed by atoms with Crippen LogP contribution in [0.3, 0.4) is 0 Å². The minimum atomic E-state index is 0.181. The van der Waals surface area contributed by atoms with Crippen molar-refractivity contribution in [3.05, 3.63) is 29.8 Å². The Balaban J connectivity index is 1.66. The fourth-order valence-corrected chi connectivity index (χ4v) is 2.50. The maximum atomic E-state index is 6.30. The predicted molar refractivity (Wildman–Crippen MR) is 68.9 cm³/mol. The Hall–Kier alpha value is -1.02. The second-order valence-electron chi connectivity index (χ2n) is 6.21. The van der Waals surface area contributed by atoms with Gasteiger partial charge in [0.1, 0.15) is 5.75 Å². The molecule has 0 bridgehead atoms. The molecule has 2 aliphatic carbocycles. The van der Waals surface area contributed by atoms with Crippen LogP contribution in [0, 0.1) is 11.3 Å². The Labute approximate surface area is 103 Å². The van der Waals surface area contributed by atoms with Gasteiger partial charge in [-0.3, -0.25) is 0 Å². The summed E-state index contributed by atoms with van der Waals surface area (Å²) in [7, 11) is 0. The molecule has 0 saturated heterocycles. The zero-order chi connectivity index (χ0) is 12.0. The monoisotopic (exact) mass is 231 g/mol.